The second-order valence-corrected chi connectivity index (χ2v) is 6.39. The molecule has 1 amide bonds. The van der Waals surface area contributed by atoms with Crippen LogP contribution in [0.3, 0.4) is 0 Å². The summed E-state index contributed by atoms with van der Waals surface area (Å²) in [4.78, 5) is 23.2. The molecule has 0 saturated heterocycles. The van der Waals surface area contributed by atoms with Crippen LogP contribution in [0.1, 0.15) is 22.4 Å². The van der Waals surface area contributed by atoms with Gasteiger partial charge in [-0.1, -0.05) is 36.4 Å². The fourth-order valence-electron chi connectivity index (χ4n) is 2.80. The van der Waals surface area contributed by atoms with Crippen LogP contribution in [0, 0.1) is 6.92 Å². The second kappa shape index (κ2) is 8.90. The molecule has 3 aromatic rings. The molecule has 1 aromatic carbocycles. The van der Waals surface area contributed by atoms with E-state index >= 15 is 0 Å². The fourth-order valence-corrected chi connectivity index (χ4v) is 2.80. The number of rotatable bonds is 7. The predicted molar refractivity (Wildman–Crippen MR) is 102 cm³/mol. The van der Waals surface area contributed by atoms with E-state index in [9.17, 15) is 4.79 Å². The van der Waals surface area contributed by atoms with E-state index in [2.05, 4.69) is 22.1 Å². The lowest BCUT2D eigenvalue weighted by Crippen LogP contribution is -2.33. The van der Waals surface area contributed by atoms with Crippen LogP contribution in [0.5, 0.6) is 0 Å². The Morgan fingerprint density at radius 3 is 2.38 bits per heavy atom. The molecule has 0 saturated carbocycles. The van der Waals surface area contributed by atoms with Crippen molar-refractivity contribution in [1.82, 2.24) is 14.9 Å². The molecule has 0 fully saturated rings. The quantitative estimate of drug-likeness (QED) is 0.657. The maximum absolute atomic E-state index is 12.9. The Hall–Kier alpha value is -3.01. The van der Waals surface area contributed by atoms with E-state index < -0.39 is 0 Å². The van der Waals surface area contributed by atoms with E-state index in [1.54, 1.807) is 18.6 Å². The molecule has 0 radical (unpaired) electrons. The smallest absolute Gasteiger partial charge is 0.227 e. The number of benzene rings is 1. The van der Waals surface area contributed by atoms with Crippen molar-refractivity contribution in [2.45, 2.75) is 26.3 Å². The van der Waals surface area contributed by atoms with Gasteiger partial charge in [0.15, 0.2) is 0 Å². The number of amides is 1. The fraction of sp³-hybridized carbons (Fsp3) is 0.227. The molecule has 2 aromatic heterocycles. The lowest BCUT2D eigenvalue weighted by molar-refractivity contribution is -0.131. The number of aryl methyl sites for hydroxylation is 1. The zero-order valence-electron chi connectivity index (χ0n) is 15.0. The monoisotopic (exact) mass is 345 g/mol. The maximum Gasteiger partial charge on any atom is 0.227 e. The average Bonchev–Trinajstić information content (AvgIpc) is 2.68. The van der Waals surface area contributed by atoms with Crippen molar-refractivity contribution in [3.8, 4) is 0 Å². The Morgan fingerprint density at radius 2 is 1.69 bits per heavy atom. The van der Waals surface area contributed by atoms with E-state index in [4.69, 9.17) is 0 Å². The SMILES string of the molecule is Cc1ccc(CC(=O)N(CCc2ccccc2)Cc2ccncc2)cn1. The van der Waals surface area contributed by atoms with Gasteiger partial charge in [-0.25, -0.2) is 0 Å². The van der Waals surface area contributed by atoms with Crippen LogP contribution in [0.2, 0.25) is 0 Å². The van der Waals surface area contributed by atoms with E-state index in [0.717, 1.165) is 23.2 Å². The van der Waals surface area contributed by atoms with Crippen molar-refractivity contribution in [2.24, 2.45) is 0 Å². The van der Waals surface area contributed by atoms with Crippen molar-refractivity contribution >= 4 is 5.91 Å². The zero-order chi connectivity index (χ0) is 18.2. The molecule has 0 unspecified atom stereocenters. The van der Waals surface area contributed by atoms with Gasteiger partial charge in [0, 0.05) is 37.4 Å². The number of nitrogens with zero attached hydrogens (tertiary/aromatic N) is 3. The van der Waals surface area contributed by atoms with Gasteiger partial charge in [-0.15, -0.1) is 0 Å². The molecule has 26 heavy (non-hydrogen) atoms. The van der Waals surface area contributed by atoms with Gasteiger partial charge in [-0.05, 0) is 48.2 Å². The first-order valence-electron chi connectivity index (χ1n) is 8.83. The molecule has 4 nitrogen and oxygen atoms in total. The minimum atomic E-state index is 0.114. The molecule has 0 spiro atoms. The summed E-state index contributed by atoms with van der Waals surface area (Å²) in [6, 6.07) is 18.1. The summed E-state index contributed by atoms with van der Waals surface area (Å²) in [7, 11) is 0. The zero-order valence-corrected chi connectivity index (χ0v) is 15.0. The van der Waals surface area contributed by atoms with Crippen molar-refractivity contribution in [2.75, 3.05) is 6.54 Å². The molecule has 0 N–H and O–H groups in total. The first-order chi connectivity index (χ1) is 12.7. The second-order valence-electron chi connectivity index (χ2n) is 6.39. The summed E-state index contributed by atoms with van der Waals surface area (Å²) >= 11 is 0. The molecule has 0 aliphatic heterocycles. The molecule has 2 heterocycles. The Kier molecular flexibility index (Phi) is 6.09. The molecule has 0 aliphatic carbocycles. The lowest BCUT2D eigenvalue weighted by Gasteiger charge is -2.23. The molecule has 0 atom stereocenters. The van der Waals surface area contributed by atoms with Crippen molar-refractivity contribution in [1.29, 1.82) is 0 Å². The minimum Gasteiger partial charge on any atom is -0.338 e. The summed E-state index contributed by atoms with van der Waals surface area (Å²) < 4.78 is 0. The standard InChI is InChI=1S/C22H23N3O/c1-18-7-8-21(16-24-18)15-22(26)25(17-20-9-12-23-13-10-20)14-11-19-5-3-2-4-6-19/h2-10,12-13,16H,11,14-15,17H2,1H3. The number of pyridine rings is 2. The first-order valence-corrected chi connectivity index (χ1v) is 8.83. The number of carbonyl (C=O) groups is 1. The van der Waals surface area contributed by atoms with E-state index in [1.807, 2.05) is 54.3 Å². The van der Waals surface area contributed by atoms with Crippen LogP contribution < -0.4 is 0 Å². The van der Waals surface area contributed by atoms with Crippen LogP contribution in [-0.4, -0.2) is 27.3 Å². The largest absolute Gasteiger partial charge is 0.338 e. The van der Waals surface area contributed by atoms with E-state index in [0.29, 0.717) is 19.5 Å². The van der Waals surface area contributed by atoms with Crippen LogP contribution in [0.15, 0.2) is 73.2 Å². The number of hydrogen-bond acceptors (Lipinski definition) is 3. The third kappa shape index (κ3) is 5.24. The summed E-state index contributed by atoms with van der Waals surface area (Å²) in [5.74, 6) is 0.114. The van der Waals surface area contributed by atoms with Gasteiger partial charge in [-0.2, -0.15) is 0 Å². The number of hydrogen-bond donors (Lipinski definition) is 0. The normalized spacial score (nSPS) is 10.5. The van der Waals surface area contributed by atoms with Gasteiger partial charge in [0.1, 0.15) is 0 Å². The minimum absolute atomic E-state index is 0.114. The van der Waals surface area contributed by atoms with E-state index in [-0.39, 0.29) is 5.91 Å². The highest BCUT2D eigenvalue weighted by molar-refractivity contribution is 5.78. The summed E-state index contributed by atoms with van der Waals surface area (Å²) in [6.07, 6.45) is 6.52. The van der Waals surface area contributed by atoms with Crippen LogP contribution in [0.25, 0.3) is 0 Å². The van der Waals surface area contributed by atoms with Crippen molar-refractivity contribution < 1.29 is 4.79 Å². The Balaban J connectivity index is 1.70. The van der Waals surface area contributed by atoms with Crippen LogP contribution >= 0.6 is 0 Å². The Labute approximate surface area is 154 Å². The van der Waals surface area contributed by atoms with E-state index in [1.165, 1.54) is 5.56 Å². The molecule has 0 bridgehead atoms. The molecule has 132 valence electrons. The highest BCUT2D eigenvalue weighted by Gasteiger charge is 2.15. The Morgan fingerprint density at radius 1 is 0.923 bits per heavy atom. The van der Waals surface area contributed by atoms with Gasteiger partial charge >= 0.3 is 0 Å². The highest BCUT2D eigenvalue weighted by atomic mass is 16.2. The van der Waals surface area contributed by atoms with Crippen LogP contribution in [0.4, 0.5) is 0 Å². The molecule has 3 rings (SSSR count). The third-order valence-corrected chi connectivity index (χ3v) is 4.32. The van der Waals surface area contributed by atoms with Crippen molar-refractivity contribution in [3.05, 3.63) is 95.6 Å². The molecular formula is C22H23N3O. The maximum atomic E-state index is 12.9. The topological polar surface area (TPSA) is 46.1 Å². The predicted octanol–water partition coefficient (Wildman–Crippen LogP) is 3.60. The van der Waals surface area contributed by atoms with Crippen LogP contribution in [-0.2, 0) is 24.2 Å². The number of aromatic nitrogens is 2. The average molecular weight is 345 g/mol. The first kappa shape index (κ1) is 17.8. The summed E-state index contributed by atoms with van der Waals surface area (Å²) in [5, 5.41) is 0. The molecule has 4 heteroatoms. The summed E-state index contributed by atoms with van der Waals surface area (Å²) in [6.45, 7) is 3.22. The van der Waals surface area contributed by atoms with Gasteiger partial charge in [0.25, 0.3) is 0 Å². The van der Waals surface area contributed by atoms with Crippen molar-refractivity contribution in [3.63, 3.8) is 0 Å². The highest BCUT2D eigenvalue weighted by Crippen LogP contribution is 2.10. The summed E-state index contributed by atoms with van der Waals surface area (Å²) in [5.41, 5.74) is 4.22. The number of carbonyl (C=O) groups excluding carboxylic acids is 1. The third-order valence-electron chi connectivity index (χ3n) is 4.32. The van der Waals surface area contributed by atoms with Gasteiger partial charge < -0.3 is 4.90 Å². The molecule has 0 aliphatic rings. The lowest BCUT2D eigenvalue weighted by atomic mass is 10.1. The Bertz CT molecular complexity index is 817. The van der Waals surface area contributed by atoms with Gasteiger partial charge in [0.2, 0.25) is 5.91 Å². The molecular weight excluding hydrogens is 322 g/mol. The van der Waals surface area contributed by atoms with Gasteiger partial charge in [-0.3, -0.25) is 14.8 Å². The van der Waals surface area contributed by atoms with Gasteiger partial charge in [0.05, 0.1) is 6.42 Å².